The van der Waals surface area contributed by atoms with Gasteiger partial charge in [-0.05, 0) is 12.1 Å². The molecule has 0 saturated heterocycles. The van der Waals surface area contributed by atoms with Crippen LogP contribution in [0.25, 0.3) is 11.1 Å². The van der Waals surface area contributed by atoms with Crippen molar-refractivity contribution >= 4 is 17.1 Å². The minimum Gasteiger partial charge on any atom is -0.478 e. The number of rotatable bonds is 1. The summed E-state index contributed by atoms with van der Waals surface area (Å²) in [6.07, 6.45) is 1.26. The Morgan fingerprint density at radius 2 is 2.42 bits per heavy atom. The number of hydrogen-bond acceptors (Lipinski definition) is 3. The number of benzene rings is 1. The smallest absolute Gasteiger partial charge is 0.336 e. The van der Waals surface area contributed by atoms with E-state index in [1.165, 1.54) is 12.5 Å². The summed E-state index contributed by atoms with van der Waals surface area (Å²) in [6, 6.07) is 5.59. The summed E-state index contributed by atoms with van der Waals surface area (Å²) in [4.78, 5) is 14.3. The van der Waals surface area contributed by atoms with Crippen molar-refractivity contribution in [1.82, 2.24) is 4.98 Å². The molecule has 12 heavy (non-hydrogen) atoms. The van der Waals surface area contributed by atoms with Gasteiger partial charge in [-0.15, -0.1) is 0 Å². The lowest BCUT2D eigenvalue weighted by Gasteiger charge is -1.90. The first-order valence-corrected chi connectivity index (χ1v) is 3.26. The Bertz CT molecular complexity index is 433. The molecule has 0 bridgehead atoms. The maximum Gasteiger partial charge on any atom is 0.336 e. The van der Waals surface area contributed by atoms with Crippen LogP contribution in [0.2, 0.25) is 0 Å². The standard InChI is InChI=1S/C8H4NO3/c10-8(11)5-1-2-7-6(3-5)9-4-12-7/h1-2,4H,(H,10,11). The largest absolute Gasteiger partial charge is 0.478 e. The second kappa shape index (κ2) is 2.34. The van der Waals surface area contributed by atoms with Gasteiger partial charge in [0.25, 0.3) is 0 Å². The third-order valence-electron chi connectivity index (χ3n) is 1.48. The molecule has 1 aromatic carbocycles. The van der Waals surface area contributed by atoms with Crippen LogP contribution in [0.15, 0.2) is 22.9 Å². The Morgan fingerprint density at radius 1 is 1.58 bits per heavy atom. The third-order valence-corrected chi connectivity index (χ3v) is 1.48. The second-order valence-electron chi connectivity index (χ2n) is 2.24. The zero-order valence-corrected chi connectivity index (χ0v) is 5.94. The maximum absolute atomic E-state index is 10.5. The SMILES string of the molecule is O=C(O)c1[c]c2ncoc2cc1. The molecule has 0 atom stereocenters. The Labute approximate surface area is 67.4 Å². The van der Waals surface area contributed by atoms with E-state index in [1.54, 1.807) is 6.07 Å². The van der Waals surface area contributed by atoms with Crippen molar-refractivity contribution in [2.45, 2.75) is 0 Å². The molecule has 1 heterocycles. The van der Waals surface area contributed by atoms with E-state index in [4.69, 9.17) is 9.52 Å². The molecule has 0 spiro atoms. The molecule has 0 aliphatic rings. The Morgan fingerprint density at radius 3 is 3.17 bits per heavy atom. The zero-order chi connectivity index (χ0) is 8.55. The molecule has 0 aliphatic carbocycles. The van der Waals surface area contributed by atoms with Crippen molar-refractivity contribution in [2.24, 2.45) is 0 Å². The molecule has 2 rings (SSSR count). The van der Waals surface area contributed by atoms with E-state index in [0.717, 1.165) is 0 Å². The van der Waals surface area contributed by atoms with E-state index in [9.17, 15) is 4.79 Å². The van der Waals surface area contributed by atoms with Crippen molar-refractivity contribution in [3.8, 4) is 0 Å². The summed E-state index contributed by atoms with van der Waals surface area (Å²) in [5.74, 6) is -1.01. The highest BCUT2D eigenvalue weighted by molar-refractivity contribution is 5.91. The average molecular weight is 162 g/mol. The van der Waals surface area contributed by atoms with Crippen molar-refractivity contribution in [1.29, 1.82) is 0 Å². The van der Waals surface area contributed by atoms with Gasteiger partial charge in [-0.3, -0.25) is 0 Å². The van der Waals surface area contributed by atoms with Crippen LogP contribution in [0, 0.1) is 6.07 Å². The highest BCUT2D eigenvalue weighted by Crippen LogP contribution is 2.12. The Kier molecular flexibility index (Phi) is 1.33. The lowest BCUT2D eigenvalue weighted by Crippen LogP contribution is -1.95. The first-order chi connectivity index (χ1) is 5.77. The van der Waals surface area contributed by atoms with Crippen LogP contribution >= 0.6 is 0 Å². The number of nitrogens with zero attached hydrogens (tertiary/aromatic N) is 1. The number of hydrogen-bond donors (Lipinski definition) is 1. The lowest BCUT2D eigenvalue weighted by molar-refractivity contribution is 0.0696. The predicted octanol–water partition coefficient (Wildman–Crippen LogP) is 1.33. The Balaban J connectivity index is 2.68. The number of carboxylic acids is 1. The summed E-state index contributed by atoms with van der Waals surface area (Å²) in [7, 11) is 0. The van der Waals surface area contributed by atoms with Crippen LogP contribution < -0.4 is 0 Å². The van der Waals surface area contributed by atoms with Crippen molar-refractivity contribution in [3.05, 3.63) is 30.2 Å². The fraction of sp³-hybridized carbons (Fsp3) is 0. The molecular formula is C8H4NO3. The minimum absolute atomic E-state index is 0.0939. The summed E-state index contributed by atoms with van der Waals surface area (Å²) in [6.45, 7) is 0. The number of carboxylic acid groups (broad SMARTS) is 1. The molecule has 1 aromatic heterocycles. The molecule has 0 aliphatic heterocycles. The Hall–Kier alpha value is -1.84. The van der Waals surface area contributed by atoms with Crippen LogP contribution in [0.4, 0.5) is 0 Å². The highest BCUT2D eigenvalue weighted by Gasteiger charge is 2.05. The van der Waals surface area contributed by atoms with Gasteiger partial charge in [-0.2, -0.15) is 0 Å². The number of fused-ring (bicyclic) bond motifs is 1. The molecule has 1 radical (unpaired) electrons. The van der Waals surface area contributed by atoms with Gasteiger partial charge in [-0.1, -0.05) is 0 Å². The normalized spacial score (nSPS) is 10.3. The van der Waals surface area contributed by atoms with Crippen molar-refractivity contribution in [3.63, 3.8) is 0 Å². The third kappa shape index (κ3) is 0.934. The van der Waals surface area contributed by atoms with E-state index >= 15 is 0 Å². The van der Waals surface area contributed by atoms with Gasteiger partial charge in [0.15, 0.2) is 12.0 Å². The quantitative estimate of drug-likeness (QED) is 0.686. The van der Waals surface area contributed by atoms with E-state index in [2.05, 4.69) is 11.1 Å². The summed E-state index contributed by atoms with van der Waals surface area (Å²) >= 11 is 0. The number of carbonyl (C=O) groups is 1. The molecule has 0 saturated carbocycles. The van der Waals surface area contributed by atoms with E-state index in [-0.39, 0.29) is 5.56 Å². The van der Waals surface area contributed by atoms with Gasteiger partial charge in [-0.25, -0.2) is 9.78 Å². The van der Waals surface area contributed by atoms with Crippen LogP contribution in [0.3, 0.4) is 0 Å². The van der Waals surface area contributed by atoms with Gasteiger partial charge in [0.05, 0.1) is 5.56 Å². The molecule has 2 aromatic rings. The first kappa shape index (κ1) is 6.84. The molecular weight excluding hydrogens is 158 g/mol. The fourth-order valence-corrected chi connectivity index (χ4v) is 0.920. The summed E-state index contributed by atoms with van der Waals surface area (Å²) in [5, 5.41) is 8.59. The molecule has 0 unspecified atom stereocenters. The van der Waals surface area contributed by atoms with Crippen LogP contribution in [0.5, 0.6) is 0 Å². The van der Waals surface area contributed by atoms with Crippen molar-refractivity contribution in [2.75, 3.05) is 0 Å². The molecule has 1 N–H and O–H groups in total. The fourth-order valence-electron chi connectivity index (χ4n) is 0.920. The van der Waals surface area contributed by atoms with E-state index < -0.39 is 5.97 Å². The van der Waals surface area contributed by atoms with Gasteiger partial charge in [0.1, 0.15) is 5.52 Å². The predicted molar refractivity (Wildman–Crippen MR) is 39.8 cm³/mol. The second-order valence-corrected chi connectivity index (χ2v) is 2.24. The molecule has 0 fully saturated rings. The lowest BCUT2D eigenvalue weighted by atomic mass is 10.2. The monoisotopic (exact) mass is 162 g/mol. The molecule has 59 valence electrons. The highest BCUT2D eigenvalue weighted by atomic mass is 16.4. The maximum atomic E-state index is 10.5. The topological polar surface area (TPSA) is 63.3 Å². The van der Waals surface area contributed by atoms with Crippen molar-refractivity contribution < 1.29 is 14.3 Å². The van der Waals surface area contributed by atoms with Crippen LogP contribution in [-0.4, -0.2) is 16.1 Å². The van der Waals surface area contributed by atoms with Gasteiger partial charge in [0, 0.05) is 6.07 Å². The minimum atomic E-state index is -1.01. The van der Waals surface area contributed by atoms with Gasteiger partial charge in [0.2, 0.25) is 0 Å². The number of oxazole rings is 1. The number of aromatic carboxylic acids is 1. The van der Waals surface area contributed by atoms with Gasteiger partial charge < -0.3 is 9.52 Å². The molecule has 4 heteroatoms. The first-order valence-electron chi connectivity index (χ1n) is 3.26. The van der Waals surface area contributed by atoms with Crippen LogP contribution in [0.1, 0.15) is 10.4 Å². The van der Waals surface area contributed by atoms with E-state index in [1.807, 2.05) is 0 Å². The van der Waals surface area contributed by atoms with Crippen LogP contribution in [-0.2, 0) is 0 Å². The average Bonchev–Trinajstić information content (AvgIpc) is 2.49. The molecule has 4 nitrogen and oxygen atoms in total. The summed E-state index contributed by atoms with van der Waals surface area (Å²) < 4.78 is 4.92. The number of aromatic nitrogens is 1. The summed E-state index contributed by atoms with van der Waals surface area (Å²) in [5.41, 5.74) is 1.08. The molecule has 0 amide bonds. The van der Waals surface area contributed by atoms with Gasteiger partial charge >= 0.3 is 5.97 Å². The zero-order valence-electron chi connectivity index (χ0n) is 5.94. The van der Waals surface area contributed by atoms with E-state index in [0.29, 0.717) is 11.1 Å².